The fourth-order valence-corrected chi connectivity index (χ4v) is 1.01. The van der Waals surface area contributed by atoms with Crippen molar-refractivity contribution in [3.8, 4) is 0 Å². The van der Waals surface area contributed by atoms with Crippen LogP contribution < -0.4 is 0 Å². The molecule has 0 aromatic rings. The Hall–Kier alpha value is -1.59. The number of nitrogens with zero attached hydrogens (tertiary/aromatic N) is 2. The van der Waals surface area contributed by atoms with Crippen LogP contribution in [0.4, 0.5) is 13.2 Å². The van der Waals surface area contributed by atoms with Gasteiger partial charge in [-0.1, -0.05) is 6.08 Å². The minimum absolute atomic E-state index is 0.255. The minimum atomic E-state index is -4.72. The summed E-state index contributed by atoms with van der Waals surface area (Å²) in [6.07, 6.45) is 0.839. The molecule has 0 atom stereocenters. The van der Waals surface area contributed by atoms with E-state index in [-0.39, 0.29) is 5.70 Å². The number of nitroso groups, excluding NO2 is 1. The smallest absolute Gasteiger partial charge is 0.349 e. The summed E-state index contributed by atoms with van der Waals surface area (Å²) in [5, 5.41) is 2.01. The van der Waals surface area contributed by atoms with E-state index in [2.05, 4.69) is 0 Å². The van der Waals surface area contributed by atoms with Crippen LogP contribution in [0.25, 0.3) is 0 Å². The van der Waals surface area contributed by atoms with Crippen molar-refractivity contribution in [1.82, 2.24) is 4.90 Å². The van der Waals surface area contributed by atoms with E-state index in [1.165, 1.54) is 30.3 Å². The summed E-state index contributed by atoms with van der Waals surface area (Å²) in [4.78, 5) is 11.3. The second kappa shape index (κ2) is 3.65. The van der Waals surface area contributed by atoms with Crippen LogP contribution in [-0.2, 0) is 0 Å². The Labute approximate surface area is 78.2 Å². The van der Waals surface area contributed by atoms with Crippen LogP contribution in [0.1, 0.15) is 0 Å². The third-order valence-corrected chi connectivity index (χ3v) is 1.66. The number of hydrogen-bond acceptors (Lipinski definition) is 3. The molecule has 3 nitrogen and oxygen atoms in total. The van der Waals surface area contributed by atoms with Gasteiger partial charge in [0.05, 0.1) is 5.70 Å². The zero-order valence-corrected chi connectivity index (χ0v) is 7.25. The number of hydrogen-bond donors (Lipinski definition) is 0. The fraction of sp³-hybridized carbons (Fsp3) is 0.250. The van der Waals surface area contributed by atoms with Gasteiger partial charge in [0.2, 0.25) is 5.70 Å². The van der Waals surface area contributed by atoms with Gasteiger partial charge in [0.1, 0.15) is 0 Å². The summed E-state index contributed by atoms with van der Waals surface area (Å²) in [5.74, 6) is 0. The number of rotatable bonds is 1. The van der Waals surface area contributed by atoms with Gasteiger partial charge in [0, 0.05) is 13.2 Å². The molecule has 14 heavy (non-hydrogen) atoms. The summed E-state index contributed by atoms with van der Waals surface area (Å²) in [7, 11) is 1.41. The average molecular weight is 204 g/mol. The lowest BCUT2D eigenvalue weighted by Gasteiger charge is -2.20. The molecule has 0 fully saturated rings. The third-order valence-electron chi connectivity index (χ3n) is 1.66. The predicted octanol–water partition coefficient (Wildman–Crippen LogP) is 2.54. The molecule has 0 radical (unpaired) electrons. The molecular weight excluding hydrogens is 197 g/mol. The van der Waals surface area contributed by atoms with Gasteiger partial charge in [-0.3, -0.25) is 0 Å². The Morgan fingerprint density at radius 2 is 2.07 bits per heavy atom. The van der Waals surface area contributed by atoms with E-state index in [0.717, 1.165) is 0 Å². The molecular formula is C8H7F3N2O. The molecule has 0 aliphatic carbocycles. The second-order valence-corrected chi connectivity index (χ2v) is 2.63. The van der Waals surface area contributed by atoms with Crippen molar-refractivity contribution in [3.63, 3.8) is 0 Å². The van der Waals surface area contributed by atoms with E-state index in [0.29, 0.717) is 0 Å². The number of halogens is 3. The molecule has 1 heterocycles. The first-order chi connectivity index (χ1) is 6.46. The third kappa shape index (κ3) is 2.01. The zero-order valence-electron chi connectivity index (χ0n) is 7.25. The fourth-order valence-electron chi connectivity index (χ4n) is 1.01. The van der Waals surface area contributed by atoms with Crippen LogP contribution in [0.2, 0.25) is 0 Å². The van der Waals surface area contributed by atoms with E-state index >= 15 is 0 Å². The molecule has 0 aromatic carbocycles. The van der Waals surface area contributed by atoms with Crippen molar-refractivity contribution in [1.29, 1.82) is 0 Å². The maximum absolute atomic E-state index is 12.2. The van der Waals surface area contributed by atoms with Crippen molar-refractivity contribution in [2.75, 3.05) is 7.05 Å². The molecule has 0 amide bonds. The van der Waals surface area contributed by atoms with Crippen molar-refractivity contribution in [2.45, 2.75) is 6.18 Å². The van der Waals surface area contributed by atoms with Crippen LogP contribution in [0.3, 0.4) is 0 Å². The topological polar surface area (TPSA) is 32.7 Å². The van der Waals surface area contributed by atoms with Gasteiger partial charge >= 0.3 is 6.18 Å². The summed E-state index contributed by atoms with van der Waals surface area (Å²) < 4.78 is 36.7. The van der Waals surface area contributed by atoms with E-state index in [1.807, 2.05) is 5.18 Å². The maximum atomic E-state index is 12.2. The Morgan fingerprint density at radius 1 is 1.43 bits per heavy atom. The molecule has 0 aromatic heterocycles. The lowest BCUT2D eigenvalue weighted by Crippen LogP contribution is -2.20. The van der Waals surface area contributed by atoms with Gasteiger partial charge in [-0.05, 0) is 17.3 Å². The Bertz CT molecular complexity index is 328. The highest BCUT2D eigenvalue weighted by molar-refractivity contribution is 5.33. The van der Waals surface area contributed by atoms with Crippen molar-refractivity contribution in [2.24, 2.45) is 5.18 Å². The first kappa shape index (κ1) is 10.5. The highest BCUT2D eigenvalue weighted by Gasteiger charge is 2.38. The lowest BCUT2D eigenvalue weighted by molar-refractivity contribution is -0.0940. The molecule has 0 unspecified atom stereocenters. The van der Waals surface area contributed by atoms with E-state index in [1.54, 1.807) is 6.08 Å². The standard InChI is InChI=1S/C8H7F3N2O/c1-13-5-3-2-4-6(13)7(12-14)8(9,10)11/h2-5H,1H3/b7-6-. The van der Waals surface area contributed by atoms with Crippen LogP contribution in [0, 0.1) is 4.91 Å². The van der Waals surface area contributed by atoms with Gasteiger partial charge in [-0.2, -0.15) is 13.2 Å². The monoisotopic (exact) mass is 204 g/mol. The molecule has 0 N–H and O–H groups in total. The molecule has 0 saturated heterocycles. The van der Waals surface area contributed by atoms with Gasteiger partial charge in [0.15, 0.2) is 0 Å². The average Bonchev–Trinajstić information content (AvgIpc) is 2.07. The van der Waals surface area contributed by atoms with E-state index < -0.39 is 11.9 Å². The molecule has 1 aliphatic heterocycles. The normalized spacial score (nSPS) is 19.9. The van der Waals surface area contributed by atoms with Gasteiger partial charge in [-0.15, -0.1) is 4.91 Å². The van der Waals surface area contributed by atoms with Crippen LogP contribution in [-0.4, -0.2) is 18.1 Å². The molecule has 1 rings (SSSR count). The van der Waals surface area contributed by atoms with Crippen molar-refractivity contribution >= 4 is 0 Å². The molecule has 0 spiro atoms. The quantitative estimate of drug-likeness (QED) is 0.615. The SMILES string of the molecule is CN1C=CC=C/C1=C(/N=O)C(F)(F)F. The predicted molar refractivity (Wildman–Crippen MR) is 44.9 cm³/mol. The first-order valence-corrected chi connectivity index (χ1v) is 3.69. The summed E-state index contributed by atoms with van der Waals surface area (Å²) in [5.41, 5.74) is -1.67. The number of likely N-dealkylation sites (N-methyl/N-ethyl adjacent to an activating group) is 1. The number of allylic oxidation sites excluding steroid dienone is 4. The van der Waals surface area contributed by atoms with Crippen LogP contribution in [0.15, 0.2) is 41.0 Å². The lowest BCUT2D eigenvalue weighted by atomic mass is 10.2. The highest BCUT2D eigenvalue weighted by atomic mass is 19.4. The van der Waals surface area contributed by atoms with Gasteiger partial charge in [-0.25, -0.2) is 0 Å². The molecule has 76 valence electrons. The highest BCUT2D eigenvalue weighted by Crippen LogP contribution is 2.31. The summed E-state index contributed by atoms with van der Waals surface area (Å²) in [6.45, 7) is 0. The Balaban J connectivity index is 3.18. The summed E-state index contributed by atoms with van der Waals surface area (Å²) in [6, 6.07) is 0. The van der Waals surface area contributed by atoms with E-state index in [9.17, 15) is 18.1 Å². The first-order valence-electron chi connectivity index (χ1n) is 3.69. The Kier molecular flexibility index (Phi) is 2.73. The molecule has 1 aliphatic rings. The van der Waals surface area contributed by atoms with Crippen molar-refractivity contribution in [3.05, 3.63) is 40.7 Å². The number of alkyl halides is 3. The van der Waals surface area contributed by atoms with Gasteiger partial charge in [0.25, 0.3) is 0 Å². The van der Waals surface area contributed by atoms with Crippen LogP contribution in [0.5, 0.6) is 0 Å². The Morgan fingerprint density at radius 3 is 2.50 bits per heavy atom. The molecule has 0 saturated carbocycles. The maximum Gasteiger partial charge on any atom is 0.438 e. The van der Waals surface area contributed by atoms with E-state index in [4.69, 9.17) is 0 Å². The largest absolute Gasteiger partial charge is 0.438 e. The minimum Gasteiger partial charge on any atom is -0.349 e. The molecule has 6 heteroatoms. The van der Waals surface area contributed by atoms with Crippen LogP contribution >= 0.6 is 0 Å². The molecule has 0 bridgehead atoms. The zero-order chi connectivity index (χ0) is 10.8. The summed E-state index contributed by atoms with van der Waals surface area (Å²) >= 11 is 0. The van der Waals surface area contributed by atoms with Crippen molar-refractivity contribution < 1.29 is 13.2 Å². The van der Waals surface area contributed by atoms with Gasteiger partial charge < -0.3 is 4.90 Å². The second-order valence-electron chi connectivity index (χ2n) is 2.63.